The molecule has 0 radical (unpaired) electrons. The minimum atomic E-state index is -0.471. The monoisotopic (exact) mass is 386 g/mol. The van der Waals surface area contributed by atoms with Gasteiger partial charge in [0.1, 0.15) is 11.9 Å². The molecule has 2 nitrogen and oxygen atoms in total. The van der Waals surface area contributed by atoms with Gasteiger partial charge in [-0.2, -0.15) is 5.26 Å². The second kappa shape index (κ2) is 6.22. The maximum Gasteiger partial charge on any atom is 0.145 e. The number of nitrogens with one attached hydrogen (secondary N) is 1. The van der Waals surface area contributed by atoms with E-state index in [2.05, 4.69) is 27.9 Å². The Morgan fingerprint density at radius 3 is 2.79 bits per heavy atom. The molecule has 0 aromatic heterocycles. The molecule has 0 heterocycles. The maximum atomic E-state index is 13.9. The second-order valence-electron chi connectivity index (χ2n) is 3.87. The summed E-state index contributed by atoms with van der Waals surface area (Å²) in [7, 11) is 0. The number of anilines is 1. The first kappa shape index (κ1) is 14.1. The molecule has 0 atom stereocenters. The fraction of sp³-hybridized carbons (Fsp3) is 0.0714. The molecule has 2 rings (SSSR count). The number of hydrogen-bond acceptors (Lipinski definition) is 2. The van der Waals surface area contributed by atoms with E-state index in [1.807, 2.05) is 18.2 Å². The summed E-state index contributed by atoms with van der Waals surface area (Å²) in [5, 5.41) is 12.6. The Morgan fingerprint density at radius 2 is 2.11 bits per heavy atom. The molecule has 5 heteroatoms. The average Bonchev–Trinajstić information content (AvgIpc) is 2.39. The largest absolute Gasteiger partial charge is 0.380 e. The lowest BCUT2D eigenvalue weighted by Crippen LogP contribution is -2.04. The van der Waals surface area contributed by atoms with Gasteiger partial charge < -0.3 is 5.32 Å². The summed E-state index contributed by atoms with van der Waals surface area (Å²) in [5.41, 5.74) is 1.40. The maximum absolute atomic E-state index is 13.9. The number of benzene rings is 2. The molecule has 2 aromatic carbocycles. The van der Waals surface area contributed by atoms with Gasteiger partial charge in [0.05, 0.1) is 5.56 Å². The van der Waals surface area contributed by atoms with Crippen molar-refractivity contribution < 1.29 is 4.39 Å². The Hall–Kier alpha value is -1.32. The zero-order chi connectivity index (χ0) is 13.8. The highest BCUT2D eigenvalue weighted by Crippen LogP contribution is 2.23. The van der Waals surface area contributed by atoms with Crippen LogP contribution in [0, 0.1) is 20.7 Å². The molecule has 0 aliphatic heterocycles. The Morgan fingerprint density at radius 1 is 1.32 bits per heavy atom. The van der Waals surface area contributed by atoms with Crippen molar-refractivity contribution >= 4 is 39.9 Å². The van der Waals surface area contributed by atoms with E-state index in [-0.39, 0.29) is 5.56 Å². The Labute approximate surface area is 129 Å². The van der Waals surface area contributed by atoms with Gasteiger partial charge in [-0.25, -0.2) is 4.39 Å². The highest BCUT2D eigenvalue weighted by Gasteiger charge is 2.08. The number of halogens is 3. The van der Waals surface area contributed by atoms with Crippen molar-refractivity contribution in [3.05, 3.63) is 61.9 Å². The van der Waals surface area contributed by atoms with Crippen LogP contribution in [0.2, 0.25) is 5.02 Å². The molecule has 0 fully saturated rings. The van der Waals surface area contributed by atoms with Crippen molar-refractivity contribution in [2.24, 2.45) is 0 Å². The number of nitrogens with zero attached hydrogens (tertiary/aromatic N) is 1. The molecule has 1 N–H and O–H groups in total. The summed E-state index contributed by atoms with van der Waals surface area (Å²) in [5.74, 6) is -0.471. The Kier molecular flexibility index (Phi) is 4.61. The zero-order valence-corrected chi connectivity index (χ0v) is 12.7. The van der Waals surface area contributed by atoms with E-state index in [0.717, 1.165) is 9.26 Å². The summed E-state index contributed by atoms with van der Waals surface area (Å²) < 4.78 is 14.8. The smallest absolute Gasteiger partial charge is 0.145 e. The fourth-order valence-corrected chi connectivity index (χ4v) is 2.69. The molecule has 0 spiro atoms. The van der Waals surface area contributed by atoms with E-state index in [0.29, 0.717) is 17.1 Å². The van der Waals surface area contributed by atoms with Gasteiger partial charge in [0.25, 0.3) is 0 Å². The van der Waals surface area contributed by atoms with Crippen molar-refractivity contribution in [1.29, 1.82) is 5.26 Å². The molecule has 0 aliphatic rings. The lowest BCUT2D eigenvalue weighted by atomic mass is 10.1. The Balaban J connectivity index is 2.17. The van der Waals surface area contributed by atoms with E-state index < -0.39 is 5.82 Å². The van der Waals surface area contributed by atoms with Crippen LogP contribution in [0.1, 0.15) is 11.1 Å². The van der Waals surface area contributed by atoms with Gasteiger partial charge in [-0.3, -0.25) is 0 Å². The van der Waals surface area contributed by atoms with Crippen molar-refractivity contribution in [3.8, 4) is 6.07 Å². The highest BCUT2D eigenvalue weighted by atomic mass is 127. The van der Waals surface area contributed by atoms with Crippen LogP contribution >= 0.6 is 34.2 Å². The molecule has 0 unspecified atom stereocenters. The third-order valence-electron chi connectivity index (χ3n) is 2.60. The van der Waals surface area contributed by atoms with Gasteiger partial charge >= 0.3 is 0 Å². The van der Waals surface area contributed by atoms with Crippen LogP contribution < -0.4 is 5.32 Å². The molecule has 0 aliphatic carbocycles. The van der Waals surface area contributed by atoms with Crippen molar-refractivity contribution in [3.63, 3.8) is 0 Å². The summed E-state index contributed by atoms with van der Waals surface area (Å²) in [6.07, 6.45) is 0. The topological polar surface area (TPSA) is 35.8 Å². The molecular weight excluding hydrogens is 378 g/mol. The summed E-state index contributed by atoms with van der Waals surface area (Å²) >= 11 is 8.03. The first-order valence-electron chi connectivity index (χ1n) is 5.48. The van der Waals surface area contributed by atoms with Crippen LogP contribution in [0.5, 0.6) is 0 Å². The molecule has 0 saturated carbocycles. The molecule has 19 heavy (non-hydrogen) atoms. The van der Waals surface area contributed by atoms with Gasteiger partial charge in [-0.1, -0.05) is 23.7 Å². The van der Waals surface area contributed by atoms with Crippen molar-refractivity contribution in [2.45, 2.75) is 6.54 Å². The van der Waals surface area contributed by atoms with Crippen LogP contribution in [0.3, 0.4) is 0 Å². The fourth-order valence-electron chi connectivity index (χ4n) is 1.63. The van der Waals surface area contributed by atoms with E-state index in [9.17, 15) is 4.39 Å². The van der Waals surface area contributed by atoms with E-state index in [4.69, 9.17) is 16.9 Å². The molecule has 0 bridgehead atoms. The molecule has 96 valence electrons. The van der Waals surface area contributed by atoms with Gasteiger partial charge in [-0.15, -0.1) is 0 Å². The van der Waals surface area contributed by atoms with Crippen LogP contribution in [0.25, 0.3) is 0 Å². The first-order chi connectivity index (χ1) is 9.11. The third-order valence-corrected chi connectivity index (χ3v) is 3.73. The summed E-state index contributed by atoms with van der Waals surface area (Å²) in [6.45, 7) is 0.318. The normalized spacial score (nSPS) is 10.0. The standard InChI is InChI=1S/C14H9ClFIN2/c15-11-4-5-13(12(17)6-11)19-8-10-3-1-2-9(7-18)14(10)16/h1-6,19H,8H2. The van der Waals surface area contributed by atoms with Crippen molar-refractivity contribution in [2.75, 3.05) is 5.32 Å². The van der Waals surface area contributed by atoms with Crippen LogP contribution in [-0.2, 0) is 6.54 Å². The predicted molar refractivity (Wildman–Crippen MR) is 82.6 cm³/mol. The second-order valence-corrected chi connectivity index (χ2v) is 5.47. The van der Waals surface area contributed by atoms with E-state index >= 15 is 0 Å². The van der Waals surface area contributed by atoms with E-state index in [1.54, 1.807) is 18.2 Å². The quantitative estimate of drug-likeness (QED) is 0.785. The van der Waals surface area contributed by atoms with Gasteiger partial charge in [-0.05, 0) is 46.9 Å². The molecule has 0 saturated heterocycles. The minimum absolute atomic E-state index is 0.0603. The van der Waals surface area contributed by atoms with Crippen LogP contribution in [0.4, 0.5) is 10.1 Å². The molecular formula is C14H9ClFIN2. The van der Waals surface area contributed by atoms with Crippen LogP contribution in [-0.4, -0.2) is 0 Å². The van der Waals surface area contributed by atoms with Crippen LogP contribution in [0.15, 0.2) is 36.4 Å². The van der Waals surface area contributed by atoms with Crippen molar-refractivity contribution in [1.82, 2.24) is 0 Å². The third kappa shape index (κ3) is 3.37. The SMILES string of the molecule is N#Cc1cccc(CNc2ccc(Cl)cc2I)c1F. The van der Waals surface area contributed by atoms with Gasteiger partial charge in [0.2, 0.25) is 0 Å². The number of rotatable bonds is 3. The molecule has 0 amide bonds. The lowest BCUT2D eigenvalue weighted by Gasteiger charge is -2.10. The van der Waals surface area contributed by atoms with Gasteiger partial charge in [0.15, 0.2) is 0 Å². The number of hydrogen-bond donors (Lipinski definition) is 1. The zero-order valence-electron chi connectivity index (χ0n) is 9.75. The van der Waals surface area contributed by atoms with Gasteiger partial charge in [0, 0.05) is 26.4 Å². The summed E-state index contributed by atoms with van der Waals surface area (Å²) in [6, 6.07) is 12.1. The first-order valence-corrected chi connectivity index (χ1v) is 6.94. The lowest BCUT2D eigenvalue weighted by molar-refractivity contribution is 0.609. The average molecular weight is 387 g/mol. The minimum Gasteiger partial charge on any atom is -0.380 e. The predicted octanol–water partition coefficient (Wildman–Crippen LogP) is 4.57. The molecule has 2 aromatic rings. The summed E-state index contributed by atoms with van der Waals surface area (Å²) in [4.78, 5) is 0. The Bertz CT molecular complexity index is 652. The van der Waals surface area contributed by atoms with E-state index in [1.165, 1.54) is 6.07 Å². The number of nitriles is 1. The highest BCUT2D eigenvalue weighted by molar-refractivity contribution is 14.1.